The van der Waals surface area contributed by atoms with Crippen LogP contribution in [0.3, 0.4) is 0 Å². The second-order valence-electron chi connectivity index (χ2n) is 6.86. The maximum Gasteiger partial charge on any atom is 0.0997 e. The molecule has 2 nitrogen and oxygen atoms in total. The van der Waals surface area contributed by atoms with Gasteiger partial charge in [-0.1, -0.05) is 48.0 Å². The maximum absolute atomic E-state index is 8.80. The van der Waals surface area contributed by atoms with Crippen LogP contribution in [0.25, 0.3) is 0 Å². The van der Waals surface area contributed by atoms with Crippen LogP contribution in [0, 0.1) is 11.3 Å². The summed E-state index contributed by atoms with van der Waals surface area (Å²) in [6, 6.07) is 10.7. The minimum Gasteiger partial charge on any atom is -0.354 e. The van der Waals surface area contributed by atoms with E-state index < -0.39 is 0 Å². The first-order chi connectivity index (χ1) is 12.1. The normalized spacial score (nSPS) is 22.0. The molecule has 0 spiro atoms. The SMILES string of the molecule is CC1=CC=C=CC(Cl)=C1C[C@H]1CCCN([C@@H](C)c2ccccc2)C1=N. The summed E-state index contributed by atoms with van der Waals surface area (Å²) in [6.45, 7) is 5.24. The average Bonchev–Trinajstić information content (AvgIpc) is 2.79. The topological polar surface area (TPSA) is 27.1 Å². The van der Waals surface area contributed by atoms with Crippen LogP contribution in [0.4, 0.5) is 0 Å². The summed E-state index contributed by atoms with van der Waals surface area (Å²) < 4.78 is 0. The third-order valence-electron chi connectivity index (χ3n) is 5.25. The largest absolute Gasteiger partial charge is 0.354 e. The number of hydrogen-bond acceptors (Lipinski definition) is 1. The third-order valence-corrected chi connectivity index (χ3v) is 5.59. The molecule has 1 heterocycles. The fourth-order valence-electron chi connectivity index (χ4n) is 3.69. The molecular formula is C22H25ClN2. The van der Waals surface area contributed by atoms with Gasteiger partial charge >= 0.3 is 0 Å². The summed E-state index contributed by atoms with van der Waals surface area (Å²) in [5, 5.41) is 9.55. The third kappa shape index (κ3) is 3.98. The monoisotopic (exact) mass is 352 g/mol. The minimum absolute atomic E-state index is 0.221. The van der Waals surface area contributed by atoms with Crippen molar-refractivity contribution in [2.45, 2.75) is 39.2 Å². The van der Waals surface area contributed by atoms with Crippen LogP contribution in [-0.2, 0) is 0 Å². The highest BCUT2D eigenvalue weighted by atomic mass is 35.5. The zero-order valence-corrected chi connectivity index (χ0v) is 15.7. The van der Waals surface area contributed by atoms with Crippen LogP contribution < -0.4 is 0 Å². The number of nitrogens with one attached hydrogen (secondary N) is 1. The lowest BCUT2D eigenvalue weighted by Crippen LogP contribution is -2.42. The van der Waals surface area contributed by atoms with Gasteiger partial charge in [0.2, 0.25) is 0 Å². The molecule has 0 unspecified atom stereocenters. The Morgan fingerprint density at radius 2 is 2.08 bits per heavy atom. The van der Waals surface area contributed by atoms with Gasteiger partial charge in [-0.2, -0.15) is 0 Å². The molecule has 1 aromatic carbocycles. The molecule has 1 saturated heterocycles. The van der Waals surface area contributed by atoms with Gasteiger partial charge in [0, 0.05) is 12.5 Å². The number of benzene rings is 1. The van der Waals surface area contributed by atoms with E-state index in [0.29, 0.717) is 0 Å². The summed E-state index contributed by atoms with van der Waals surface area (Å²) in [5.74, 6) is 0.965. The molecule has 2 aliphatic rings. The van der Waals surface area contributed by atoms with Gasteiger partial charge in [-0.25, -0.2) is 0 Å². The maximum atomic E-state index is 8.80. The number of amidine groups is 1. The molecule has 2 atom stereocenters. The molecule has 1 aliphatic carbocycles. The molecule has 0 aromatic heterocycles. The molecular weight excluding hydrogens is 328 g/mol. The van der Waals surface area contributed by atoms with Gasteiger partial charge in [0.15, 0.2) is 0 Å². The number of nitrogens with zero attached hydrogens (tertiary/aromatic N) is 1. The molecule has 0 amide bonds. The Hall–Kier alpha value is -2.02. The fourth-order valence-corrected chi connectivity index (χ4v) is 3.98. The first-order valence-electron chi connectivity index (χ1n) is 8.96. The average molecular weight is 353 g/mol. The molecule has 0 bridgehead atoms. The van der Waals surface area contributed by atoms with E-state index in [1.807, 2.05) is 18.2 Å². The summed E-state index contributed by atoms with van der Waals surface area (Å²) >= 11 is 6.46. The van der Waals surface area contributed by atoms with Crippen LogP contribution in [0.15, 0.2) is 70.5 Å². The number of allylic oxidation sites excluding steroid dienone is 5. The first kappa shape index (κ1) is 17.8. The van der Waals surface area contributed by atoms with Crippen molar-refractivity contribution in [3.63, 3.8) is 0 Å². The van der Waals surface area contributed by atoms with E-state index in [0.717, 1.165) is 42.2 Å². The second kappa shape index (κ2) is 7.91. The molecule has 3 heteroatoms. The molecule has 1 aromatic rings. The summed E-state index contributed by atoms with van der Waals surface area (Å²) in [6.07, 6.45) is 8.78. The molecule has 0 saturated carbocycles. The zero-order chi connectivity index (χ0) is 17.8. The van der Waals surface area contributed by atoms with Crippen LogP contribution >= 0.6 is 11.6 Å². The number of hydrogen-bond donors (Lipinski definition) is 1. The van der Waals surface area contributed by atoms with Gasteiger partial charge < -0.3 is 4.90 Å². The van der Waals surface area contributed by atoms with Gasteiger partial charge in [-0.05, 0) is 62.0 Å². The molecule has 1 fully saturated rings. The Kier molecular flexibility index (Phi) is 5.63. The van der Waals surface area contributed by atoms with E-state index in [1.54, 1.807) is 0 Å². The van der Waals surface area contributed by atoms with Crippen molar-refractivity contribution >= 4 is 17.4 Å². The number of likely N-dealkylation sites (tertiary alicyclic amines) is 1. The van der Waals surface area contributed by atoms with Crippen molar-refractivity contribution in [2.75, 3.05) is 6.54 Å². The Labute approximate surface area is 155 Å². The predicted molar refractivity (Wildman–Crippen MR) is 106 cm³/mol. The van der Waals surface area contributed by atoms with Crippen molar-refractivity contribution in [2.24, 2.45) is 5.92 Å². The van der Waals surface area contributed by atoms with Gasteiger partial charge in [-0.3, -0.25) is 5.41 Å². The Morgan fingerprint density at radius 1 is 1.32 bits per heavy atom. The van der Waals surface area contributed by atoms with Gasteiger partial charge in [0.1, 0.15) is 0 Å². The van der Waals surface area contributed by atoms with Gasteiger partial charge in [0.25, 0.3) is 0 Å². The van der Waals surface area contributed by atoms with Crippen LogP contribution in [0.5, 0.6) is 0 Å². The second-order valence-corrected chi connectivity index (χ2v) is 7.27. The zero-order valence-electron chi connectivity index (χ0n) is 14.9. The molecule has 130 valence electrons. The molecule has 25 heavy (non-hydrogen) atoms. The van der Waals surface area contributed by atoms with Crippen molar-refractivity contribution in [3.8, 4) is 0 Å². The van der Waals surface area contributed by atoms with Gasteiger partial charge in [-0.15, -0.1) is 5.73 Å². The van der Waals surface area contributed by atoms with Crippen molar-refractivity contribution < 1.29 is 0 Å². The minimum atomic E-state index is 0.221. The first-order valence-corrected chi connectivity index (χ1v) is 9.34. The molecule has 1 N–H and O–H groups in total. The standard InChI is InChI=1S/C22H25ClN2/c1-16-9-6-7-13-21(23)20(16)15-19-12-8-14-25(22(19)24)17(2)18-10-4-3-5-11-18/h3-6,9-11,13,17,19,24H,8,12,14-15H2,1-2H3/t17-,19+/m0/s1. The summed E-state index contributed by atoms with van der Waals surface area (Å²) in [4.78, 5) is 2.25. The van der Waals surface area contributed by atoms with Crippen LogP contribution in [-0.4, -0.2) is 17.3 Å². The van der Waals surface area contributed by atoms with Crippen molar-refractivity contribution in [1.29, 1.82) is 5.41 Å². The van der Waals surface area contributed by atoms with Crippen LogP contribution in [0.1, 0.15) is 44.7 Å². The van der Waals surface area contributed by atoms with Crippen molar-refractivity contribution in [1.82, 2.24) is 4.90 Å². The highest BCUT2D eigenvalue weighted by Gasteiger charge is 2.30. The number of halogens is 1. The molecule has 3 rings (SSSR count). The van der Waals surface area contributed by atoms with Crippen molar-refractivity contribution in [3.05, 3.63) is 76.0 Å². The van der Waals surface area contributed by atoms with E-state index in [4.69, 9.17) is 17.0 Å². The van der Waals surface area contributed by atoms with E-state index >= 15 is 0 Å². The van der Waals surface area contributed by atoms with E-state index in [1.165, 1.54) is 11.1 Å². The van der Waals surface area contributed by atoms with E-state index in [9.17, 15) is 0 Å². The lowest BCUT2D eigenvalue weighted by atomic mass is 9.86. The quantitative estimate of drug-likeness (QED) is 0.662. The molecule has 1 aliphatic heterocycles. The van der Waals surface area contributed by atoms with Gasteiger partial charge in [0.05, 0.1) is 16.9 Å². The Morgan fingerprint density at radius 3 is 2.84 bits per heavy atom. The summed E-state index contributed by atoms with van der Waals surface area (Å²) in [5.41, 5.74) is 6.66. The van der Waals surface area contributed by atoms with Crippen LogP contribution in [0.2, 0.25) is 0 Å². The number of piperidine rings is 1. The number of rotatable bonds is 4. The Balaban J connectivity index is 1.78. The van der Waals surface area contributed by atoms with E-state index in [-0.39, 0.29) is 12.0 Å². The highest BCUT2D eigenvalue weighted by Crippen LogP contribution is 2.34. The molecule has 0 radical (unpaired) electrons. The fraction of sp³-hybridized carbons (Fsp3) is 0.364. The van der Waals surface area contributed by atoms with E-state index in [2.05, 4.69) is 54.8 Å². The lowest BCUT2D eigenvalue weighted by molar-refractivity contribution is 0.270. The lowest BCUT2D eigenvalue weighted by Gasteiger charge is -2.39. The smallest absolute Gasteiger partial charge is 0.0997 e. The Bertz CT molecular complexity index is 766. The predicted octanol–water partition coefficient (Wildman–Crippen LogP) is 5.99. The summed E-state index contributed by atoms with van der Waals surface area (Å²) in [7, 11) is 0. The highest BCUT2D eigenvalue weighted by molar-refractivity contribution is 6.31.